The van der Waals surface area contributed by atoms with Gasteiger partial charge in [-0.3, -0.25) is 9.59 Å². The molecule has 2 aromatic rings. The number of thiazole rings is 1. The zero-order valence-corrected chi connectivity index (χ0v) is 11.6. The summed E-state index contributed by atoms with van der Waals surface area (Å²) < 4.78 is 0. The number of carboxylic acid groups (broad SMARTS) is 1. The highest BCUT2D eigenvalue weighted by Crippen LogP contribution is 2.06. The van der Waals surface area contributed by atoms with Crippen molar-refractivity contribution in [3.05, 3.63) is 62.2 Å². The van der Waals surface area contributed by atoms with Gasteiger partial charge in [-0.15, -0.1) is 0 Å². The van der Waals surface area contributed by atoms with Gasteiger partial charge in [-0.05, 0) is 23.8 Å². The fourth-order valence-corrected chi connectivity index (χ4v) is 2.17. The van der Waals surface area contributed by atoms with E-state index in [0.717, 1.165) is 17.4 Å². The van der Waals surface area contributed by atoms with Crippen molar-refractivity contribution >= 4 is 29.3 Å². The molecule has 0 bridgehead atoms. The van der Waals surface area contributed by atoms with Crippen LogP contribution in [0.4, 0.5) is 0 Å². The summed E-state index contributed by atoms with van der Waals surface area (Å²) in [5.41, 5.74) is 1.80. The third-order valence-electron chi connectivity index (χ3n) is 2.60. The lowest BCUT2D eigenvalue weighted by atomic mass is 10.1. The summed E-state index contributed by atoms with van der Waals surface area (Å²) in [6, 6.07) is 6.52. The predicted octanol–water partition coefficient (Wildman–Crippen LogP) is 1.46. The molecule has 0 aliphatic carbocycles. The maximum Gasteiger partial charge on any atom is 0.328 e. The number of rotatable bonds is 5. The van der Waals surface area contributed by atoms with E-state index in [1.54, 1.807) is 29.6 Å². The van der Waals surface area contributed by atoms with Gasteiger partial charge in [0.15, 0.2) is 0 Å². The molecule has 0 radical (unpaired) electrons. The lowest BCUT2D eigenvalue weighted by Crippen LogP contribution is -2.23. The van der Waals surface area contributed by atoms with Crippen molar-refractivity contribution in [2.75, 3.05) is 0 Å². The fraction of sp³-hybridized carbons (Fsp3) is 0.0714. The quantitative estimate of drug-likeness (QED) is 0.728. The third kappa shape index (κ3) is 4.43. The molecule has 6 nitrogen and oxygen atoms in total. The van der Waals surface area contributed by atoms with E-state index in [0.29, 0.717) is 16.8 Å². The molecular weight excluding hydrogens is 292 g/mol. The standard InChI is InChI=1S/C14H12N2O4S/c17-12(18)6-3-9-1-4-10(5-2-9)13(19)15-7-11-8-21-14(20)16-11/h1-6,8H,7H2,(H,15,19)(H,16,20)(H,17,18)/b6-3+. The van der Waals surface area contributed by atoms with Gasteiger partial charge in [0.05, 0.1) is 6.54 Å². The Bertz CT molecular complexity index is 728. The van der Waals surface area contributed by atoms with Crippen molar-refractivity contribution in [2.24, 2.45) is 0 Å². The van der Waals surface area contributed by atoms with Crippen molar-refractivity contribution in [1.82, 2.24) is 10.3 Å². The maximum absolute atomic E-state index is 11.9. The number of amides is 1. The minimum atomic E-state index is -1.03. The summed E-state index contributed by atoms with van der Waals surface area (Å²) in [6.07, 6.45) is 2.47. The number of aromatic nitrogens is 1. The van der Waals surface area contributed by atoms with E-state index in [2.05, 4.69) is 10.3 Å². The molecule has 0 unspecified atom stereocenters. The highest BCUT2D eigenvalue weighted by atomic mass is 32.1. The van der Waals surface area contributed by atoms with E-state index in [-0.39, 0.29) is 17.3 Å². The molecule has 21 heavy (non-hydrogen) atoms. The second kappa shape index (κ2) is 6.67. The molecule has 3 N–H and O–H groups in total. The van der Waals surface area contributed by atoms with Crippen LogP contribution in [0.1, 0.15) is 21.6 Å². The molecule has 0 fully saturated rings. The largest absolute Gasteiger partial charge is 0.478 e. The van der Waals surface area contributed by atoms with Crippen molar-refractivity contribution < 1.29 is 14.7 Å². The van der Waals surface area contributed by atoms with Crippen molar-refractivity contribution in [2.45, 2.75) is 6.54 Å². The van der Waals surface area contributed by atoms with Crippen LogP contribution in [0.5, 0.6) is 0 Å². The average molecular weight is 304 g/mol. The van der Waals surface area contributed by atoms with Crippen LogP contribution in [0, 0.1) is 0 Å². The Morgan fingerprint density at radius 2 is 2.00 bits per heavy atom. The van der Waals surface area contributed by atoms with Crippen LogP contribution in [0.25, 0.3) is 6.08 Å². The van der Waals surface area contributed by atoms with Crippen LogP contribution in [0.15, 0.2) is 40.5 Å². The second-order valence-corrected chi connectivity index (χ2v) is 4.99. The highest BCUT2D eigenvalue weighted by Gasteiger charge is 2.05. The minimum Gasteiger partial charge on any atom is -0.478 e. The maximum atomic E-state index is 11.9. The smallest absolute Gasteiger partial charge is 0.328 e. The molecule has 108 valence electrons. The molecule has 0 aliphatic heterocycles. The summed E-state index contributed by atoms with van der Waals surface area (Å²) in [6.45, 7) is 0.248. The first-order valence-electron chi connectivity index (χ1n) is 6.00. The molecular formula is C14H12N2O4S. The second-order valence-electron chi connectivity index (χ2n) is 4.15. The van der Waals surface area contributed by atoms with Crippen molar-refractivity contribution in [1.29, 1.82) is 0 Å². The van der Waals surface area contributed by atoms with Gasteiger partial charge in [0.2, 0.25) is 0 Å². The molecule has 1 aromatic carbocycles. The summed E-state index contributed by atoms with van der Waals surface area (Å²) >= 11 is 1.04. The Morgan fingerprint density at radius 3 is 2.57 bits per heavy atom. The van der Waals surface area contributed by atoms with E-state index in [4.69, 9.17) is 5.11 Å². The molecule has 2 rings (SSSR count). The lowest BCUT2D eigenvalue weighted by molar-refractivity contribution is -0.131. The van der Waals surface area contributed by atoms with Gasteiger partial charge in [-0.25, -0.2) is 4.79 Å². The lowest BCUT2D eigenvalue weighted by Gasteiger charge is -2.04. The van der Waals surface area contributed by atoms with E-state index < -0.39 is 5.97 Å². The van der Waals surface area contributed by atoms with E-state index >= 15 is 0 Å². The van der Waals surface area contributed by atoms with Crippen LogP contribution in [-0.4, -0.2) is 22.0 Å². The van der Waals surface area contributed by atoms with Gasteiger partial charge >= 0.3 is 10.8 Å². The Hall–Kier alpha value is -2.67. The monoisotopic (exact) mass is 304 g/mol. The normalized spacial score (nSPS) is 10.7. The SMILES string of the molecule is O=C(O)/C=C/c1ccc(C(=O)NCc2csc(=O)[nH]2)cc1. The molecule has 0 aliphatic rings. The number of aromatic amines is 1. The van der Waals surface area contributed by atoms with Crippen LogP contribution in [0.3, 0.4) is 0 Å². The molecule has 7 heteroatoms. The first-order chi connectivity index (χ1) is 10.0. The van der Waals surface area contributed by atoms with Gasteiger partial charge in [0.1, 0.15) is 0 Å². The number of benzene rings is 1. The predicted molar refractivity (Wildman–Crippen MR) is 79.2 cm³/mol. The number of carboxylic acids is 1. The number of H-pyrrole nitrogens is 1. The number of hydrogen-bond acceptors (Lipinski definition) is 4. The molecule has 0 saturated carbocycles. The Labute approximate surface area is 123 Å². The molecule has 0 atom stereocenters. The Morgan fingerprint density at radius 1 is 1.29 bits per heavy atom. The zero-order chi connectivity index (χ0) is 15.2. The third-order valence-corrected chi connectivity index (χ3v) is 3.32. The van der Waals surface area contributed by atoms with Crippen LogP contribution < -0.4 is 10.2 Å². The Kier molecular flexibility index (Phi) is 4.68. The number of carbonyl (C=O) groups is 2. The molecule has 0 saturated heterocycles. The number of carbonyl (C=O) groups excluding carboxylic acids is 1. The van der Waals surface area contributed by atoms with E-state index in [9.17, 15) is 14.4 Å². The average Bonchev–Trinajstić information content (AvgIpc) is 2.89. The number of nitrogens with one attached hydrogen (secondary N) is 2. The van der Waals surface area contributed by atoms with E-state index in [1.807, 2.05) is 0 Å². The molecule has 1 heterocycles. The minimum absolute atomic E-state index is 0.159. The van der Waals surface area contributed by atoms with Crippen molar-refractivity contribution in [3.8, 4) is 0 Å². The van der Waals surface area contributed by atoms with Gasteiger partial charge in [-0.1, -0.05) is 23.5 Å². The summed E-state index contributed by atoms with van der Waals surface area (Å²) in [7, 11) is 0. The first kappa shape index (κ1) is 14.7. The Balaban J connectivity index is 1.96. The van der Waals surface area contributed by atoms with Gasteiger partial charge in [0.25, 0.3) is 5.91 Å². The molecule has 1 aromatic heterocycles. The first-order valence-corrected chi connectivity index (χ1v) is 6.88. The van der Waals surface area contributed by atoms with E-state index in [1.165, 1.54) is 6.08 Å². The summed E-state index contributed by atoms with van der Waals surface area (Å²) in [4.78, 5) is 35.7. The topological polar surface area (TPSA) is 99.3 Å². The zero-order valence-electron chi connectivity index (χ0n) is 10.8. The van der Waals surface area contributed by atoms with Crippen LogP contribution in [-0.2, 0) is 11.3 Å². The van der Waals surface area contributed by atoms with Gasteiger partial charge in [-0.2, -0.15) is 0 Å². The van der Waals surface area contributed by atoms with Crippen molar-refractivity contribution in [3.63, 3.8) is 0 Å². The number of hydrogen-bond donors (Lipinski definition) is 3. The van der Waals surface area contributed by atoms with Crippen LogP contribution >= 0.6 is 11.3 Å². The van der Waals surface area contributed by atoms with Crippen LogP contribution in [0.2, 0.25) is 0 Å². The van der Waals surface area contributed by atoms with Gasteiger partial charge < -0.3 is 15.4 Å². The fourth-order valence-electron chi connectivity index (χ4n) is 1.59. The molecule has 1 amide bonds. The molecule has 0 spiro atoms. The summed E-state index contributed by atoms with van der Waals surface area (Å²) in [5, 5.41) is 12.9. The van der Waals surface area contributed by atoms with Gasteiger partial charge in [0, 0.05) is 22.7 Å². The number of aliphatic carboxylic acids is 1. The highest BCUT2D eigenvalue weighted by molar-refractivity contribution is 7.07. The summed E-state index contributed by atoms with van der Waals surface area (Å²) in [5.74, 6) is -1.29.